The predicted octanol–water partition coefficient (Wildman–Crippen LogP) is 1.58. The number of rotatable bonds is 4. The number of carbonyl (C=O) groups is 1. The van der Waals surface area contributed by atoms with Crippen molar-refractivity contribution in [3.63, 3.8) is 0 Å². The molecule has 1 amide bonds. The Balaban J connectivity index is 0.00000200. The highest BCUT2D eigenvalue weighted by Crippen LogP contribution is 2.11. The average molecular weight is 298 g/mol. The predicted molar refractivity (Wildman–Crippen MR) is 84.2 cm³/mol. The number of benzene rings is 1. The Labute approximate surface area is 127 Å². The normalized spacial score (nSPS) is 20.8. The topological polar surface area (TPSA) is 44.4 Å². The van der Waals surface area contributed by atoms with Crippen molar-refractivity contribution in [2.24, 2.45) is 0 Å². The van der Waals surface area contributed by atoms with E-state index < -0.39 is 0 Å². The lowest BCUT2D eigenvalue weighted by atomic mass is 10.1. The van der Waals surface area contributed by atoms with E-state index in [0.29, 0.717) is 12.6 Å². The summed E-state index contributed by atoms with van der Waals surface area (Å²) >= 11 is 0. The second kappa shape index (κ2) is 8.25. The molecule has 0 aliphatic carbocycles. The SMILES string of the molecule is CC(NC(=O)CN1CCNC[C@H]1C)c1ccccc1.Cl. The van der Waals surface area contributed by atoms with Crippen LogP contribution in [0, 0.1) is 0 Å². The van der Waals surface area contributed by atoms with Crippen molar-refractivity contribution < 1.29 is 4.79 Å². The molecule has 2 atom stereocenters. The van der Waals surface area contributed by atoms with Crippen molar-refractivity contribution in [1.29, 1.82) is 0 Å². The molecule has 0 bridgehead atoms. The number of nitrogens with zero attached hydrogens (tertiary/aromatic N) is 1. The van der Waals surface area contributed by atoms with Crippen LogP contribution in [0.3, 0.4) is 0 Å². The highest BCUT2D eigenvalue weighted by molar-refractivity contribution is 5.85. The van der Waals surface area contributed by atoms with Gasteiger partial charge in [-0.15, -0.1) is 12.4 Å². The Bertz CT molecular complexity index is 413. The number of hydrogen-bond acceptors (Lipinski definition) is 3. The minimum absolute atomic E-state index is 0. The van der Waals surface area contributed by atoms with Crippen LogP contribution in [0.25, 0.3) is 0 Å². The number of amides is 1. The average Bonchev–Trinajstić information content (AvgIpc) is 2.42. The van der Waals surface area contributed by atoms with Gasteiger partial charge in [0.25, 0.3) is 0 Å². The first-order valence-corrected chi connectivity index (χ1v) is 6.96. The van der Waals surface area contributed by atoms with E-state index in [1.54, 1.807) is 0 Å². The Morgan fingerprint density at radius 2 is 2.15 bits per heavy atom. The largest absolute Gasteiger partial charge is 0.348 e. The number of hydrogen-bond donors (Lipinski definition) is 2. The van der Waals surface area contributed by atoms with Crippen molar-refractivity contribution in [2.45, 2.75) is 25.9 Å². The molecule has 0 saturated carbocycles. The van der Waals surface area contributed by atoms with Gasteiger partial charge in [-0.25, -0.2) is 0 Å². The molecule has 0 spiro atoms. The van der Waals surface area contributed by atoms with E-state index in [4.69, 9.17) is 0 Å². The minimum Gasteiger partial charge on any atom is -0.348 e. The fraction of sp³-hybridized carbons (Fsp3) is 0.533. The van der Waals surface area contributed by atoms with Gasteiger partial charge in [-0.1, -0.05) is 30.3 Å². The fourth-order valence-corrected chi connectivity index (χ4v) is 2.41. The molecule has 1 aromatic rings. The highest BCUT2D eigenvalue weighted by atomic mass is 35.5. The third-order valence-corrected chi connectivity index (χ3v) is 3.66. The molecule has 4 nitrogen and oxygen atoms in total. The van der Waals surface area contributed by atoms with Crippen LogP contribution in [0.1, 0.15) is 25.5 Å². The van der Waals surface area contributed by atoms with Crippen LogP contribution in [0.2, 0.25) is 0 Å². The maximum atomic E-state index is 12.1. The van der Waals surface area contributed by atoms with Gasteiger partial charge in [-0.05, 0) is 19.4 Å². The van der Waals surface area contributed by atoms with Crippen LogP contribution in [0.5, 0.6) is 0 Å². The van der Waals surface area contributed by atoms with Crippen molar-refractivity contribution in [3.05, 3.63) is 35.9 Å². The zero-order valence-corrected chi connectivity index (χ0v) is 13.0. The molecule has 112 valence electrons. The summed E-state index contributed by atoms with van der Waals surface area (Å²) in [6, 6.07) is 10.5. The van der Waals surface area contributed by atoms with Crippen LogP contribution < -0.4 is 10.6 Å². The van der Waals surface area contributed by atoms with Gasteiger partial charge in [0.1, 0.15) is 0 Å². The summed E-state index contributed by atoms with van der Waals surface area (Å²) < 4.78 is 0. The van der Waals surface area contributed by atoms with Gasteiger partial charge in [0.2, 0.25) is 5.91 Å². The molecule has 2 rings (SSSR count). The van der Waals surface area contributed by atoms with Gasteiger partial charge >= 0.3 is 0 Å². The molecule has 1 aromatic carbocycles. The third kappa shape index (κ3) is 4.78. The quantitative estimate of drug-likeness (QED) is 0.887. The number of carbonyl (C=O) groups excluding carboxylic acids is 1. The lowest BCUT2D eigenvalue weighted by Gasteiger charge is -2.33. The van der Waals surface area contributed by atoms with Gasteiger partial charge in [0.15, 0.2) is 0 Å². The van der Waals surface area contributed by atoms with E-state index in [0.717, 1.165) is 25.2 Å². The van der Waals surface area contributed by atoms with E-state index in [1.165, 1.54) is 0 Å². The molecule has 1 saturated heterocycles. The summed E-state index contributed by atoms with van der Waals surface area (Å²) in [7, 11) is 0. The monoisotopic (exact) mass is 297 g/mol. The molecule has 1 fully saturated rings. The summed E-state index contributed by atoms with van der Waals surface area (Å²) in [4.78, 5) is 14.3. The second-order valence-electron chi connectivity index (χ2n) is 5.22. The molecule has 20 heavy (non-hydrogen) atoms. The fourth-order valence-electron chi connectivity index (χ4n) is 2.41. The second-order valence-corrected chi connectivity index (χ2v) is 5.22. The van der Waals surface area contributed by atoms with Crippen LogP contribution in [-0.4, -0.2) is 43.0 Å². The summed E-state index contributed by atoms with van der Waals surface area (Å²) in [5.74, 6) is 0.102. The molecule has 0 radical (unpaired) electrons. The Morgan fingerprint density at radius 3 is 2.80 bits per heavy atom. The molecular formula is C15H24ClN3O. The van der Waals surface area contributed by atoms with E-state index in [-0.39, 0.29) is 24.4 Å². The van der Waals surface area contributed by atoms with Crippen molar-refractivity contribution in [3.8, 4) is 0 Å². The molecular weight excluding hydrogens is 274 g/mol. The van der Waals surface area contributed by atoms with E-state index in [2.05, 4.69) is 22.5 Å². The maximum absolute atomic E-state index is 12.1. The number of piperazine rings is 1. The van der Waals surface area contributed by atoms with Gasteiger partial charge in [-0.2, -0.15) is 0 Å². The van der Waals surface area contributed by atoms with E-state index >= 15 is 0 Å². The van der Waals surface area contributed by atoms with Gasteiger partial charge in [0.05, 0.1) is 12.6 Å². The van der Waals surface area contributed by atoms with E-state index in [9.17, 15) is 4.79 Å². The summed E-state index contributed by atoms with van der Waals surface area (Å²) in [6.07, 6.45) is 0. The van der Waals surface area contributed by atoms with Gasteiger partial charge in [0, 0.05) is 25.7 Å². The van der Waals surface area contributed by atoms with E-state index in [1.807, 2.05) is 37.3 Å². The summed E-state index contributed by atoms with van der Waals surface area (Å²) in [6.45, 7) is 7.52. The minimum atomic E-state index is 0. The van der Waals surface area contributed by atoms with Gasteiger partial charge in [-0.3, -0.25) is 9.69 Å². The Kier molecular flexibility index (Phi) is 6.99. The molecule has 2 N–H and O–H groups in total. The van der Waals surface area contributed by atoms with Crippen LogP contribution >= 0.6 is 12.4 Å². The van der Waals surface area contributed by atoms with Crippen LogP contribution in [0.15, 0.2) is 30.3 Å². The number of nitrogens with one attached hydrogen (secondary N) is 2. The molecule has 1 unspecified atom stereocenters. The first-order valence-electron chi connectivity index (χ1n) is 6.96. The first kappa shape index (κ1) is 17.0. The zero-order chi connectivity index (χ0) is 13.7. The smallest absolute Gasteiger partial charge is 0.234 e. The Morgan fingerprint density at radius 1 is 1.45 bits per heavy atom. The molecule has 1 aliphatic rings. The summed E-state index contributed by atoms with van der Waals surface area (Å²) in [5, 5.41) is 6.39. The number of halogens is 1. The standard InChI is InChI=1S/C15H23N3O.ClH/c1-12-10-16-8-9-18(12)11-15(19)17-13(2)14-6-4-3-5-7-14;/h3-7,12-13,16H,8-11H2,1-2H3,(H,17,19);1H/t12-,13?;/m1./s1. The first-order chi connectivity index (χ1) is 9.16. The zero-order valence-electron chi connectivity index (χ0n) is 12.1. The maximum Gasteiger partial charge on any atom is 0.234 e. The molecule has 0 aromatic heterocycles. The van der Waals surface area contributed by atoms with Crippen molar-refractivity contribution in [2.75, 3.05) is 26.2 Å². The van der Waals surface area contributed by atoms with Crippen LogP contribution in [-0.2, 0) is 4.79 Å². The van der Waals surface area contributed by atoms with Crippen molar-refractivity contribution >= 4 is 18.3 Å². The lowest BCUT2D eigenvalue weighted by molar-refractivity contribution is -0.123. The third-order valence-electron chi connectivity index (χ3n) is 3.66. The Hall–Kier alpha value is -1.10. The molecule has 1 aliphatic heterocycles. The molecule has 1 heterocycles. The van der Waals surface area contributed by atoms with Crippen LogP contribution in [0.4, 0.5) is 0 Å². The highest BCUT2D eigenvalue weighted by Gasteiger charge is 2.20. The molecule has 5 heteroatoms. The van der Waals surface area contributed by atoms with Gasteiger partial charge < -0.3 is 10.6 Å². The van der Waals surface area contributed by atoms with Crippen molar-refractivity contribution in [1.82, 2.24) is 15.5 Å². The summed E-state index contributed by atoms with van der Waals surface area (Å²) in [5.41, 5.74) is 1.14. The lowest BCUT2D eigenvalue weighted by Crippen LogP contribution is -2.52.